The van der Waals surface area contributed by atoms with Crippen LogP contribution in [0.2, 0.25) is 0 Å². The molecular weight excluding hydrogens is 370 g/mol. The van der Waals surface area contributed by atoms with Crippen LogP contribution in [0.1, 0.15) is 20.8 Å². The van der Waals surface area contributed by atoms with Crippen LogP contribution in [0.15, 0.2) is 24.5 Å². The Morgan fingerprint density at radius 1 is 1.33 bits per heavy atom. The van der Waals surface area contributed by atoms with Crippen LogP contribution in [0.3, 0.4) is 0 Å². The van der Waals surface area contributed by atoms with Gasteiger partial charge in [0.25, 0.3) is 5.91 Å². The van der Waals surface area contributed by atoms with Gasteiger partial charge in [0.2, 0.25) is 6.79 Å². The van der Waals surface area contributed by atoms with E-state index < -0.39 is 0 Å². The number of amides is 1. The van der Waals surface area contributed by atoms with Gasteiger partial charge in [-0.25, -0.2) is 0 Å². The molecule has 3 heterocycles. The molecular formula is C17H17N5O4S. The van der Waals surface area contributed by atoms with Gasteiger partial charge in [-0.2, -0.15) is 4.68 Å². The minimum absolute atomic E-state index is 0.184. The van der Waals surface area contributed by atoms with Gasteiger partial charge >= 0.3 is 0 Å². The topological polar surface area (TPSA) is 100 Å². The van der Waals surface area contributed by atoms with Crippen LogP contribution in [0, 0.1) is 13.8 Å². The summed E-state index contributed by atoms with van der Waals surface area (Å²) in [6.07, 6.45) is 1.48. The molecule has 1 aliphatic heterocycles. The minimum Gasteiger partial charge on any atom is -0.492 e. The van der Waals surface area contributed by atoms with Gasteiger partial charge in [-0.3, -0.25) is 4.79 Å². The third-order valence-electron chi connectivity index (χ3n) is 4.15. The average molecular weight is 387 g/mol. The van der Waals surface area contributed by atoms with Crippen LogP contribution in [-0.2, 0) is 0 Å². The van der Waals surface area contributed by atoms with Crippen LogP contribution in [0.4, 0.5) is 0 Å². The number of hydrogen-bond donors (Lipinski definition) is 1. The van der Waals surface area contributed by atoms with Gasteiger partial charge in [-0.15, -0.1) is 16.4 Å². The smallest absolute Gasteiger partial charge is 0.254 e. The third kappa shape index (κ3) is 3.43. The van der Waals surface area contributed by atoms with Crippen LogP contribution in [0.25, 0.3) is 5.00 Å². The lowest BCUT2D eigenvalue weighted by molar-refractivity contribution is 0.0946. The second-order valence-electron chi connectivity index (χ2n) is 5.84. The zero-order chi connectivity index (χ0) is 18.8. The first kappa shape index (κ1) is 17.3. The first-order valence-electron chi connectivity index (χ1n) is 8.27. The van der Waals surface area contributed by atoms with Gasteiger partial charge < -0.3 is 19.5 Å². The molecule has 0 aliphatic carbocycles. The number of rotatable bonds is 6. The summed E-state index contributed by atoms with van der Waals surface area (Å²) in [5.74, 6) is 1.84. The van der Waals surface area contributed by atoms with E-state index in [1.807, 2.05) is 13.8 Å². The molecule has 1 aliphatic rings. The van der Waals surface area contributed by atoms with Gasteiger partial charge in [0, 0.05) is 10.9 Å². The fourth-order valence-corrected chi connectivity index (χ4v) is 3.75. The fourth-order valence-electron chi connectivity index (χ4n) is 2.68. The number of fused-ring (bicyclic) bond motifs is 1. The lowest BCUT2D eigenvalue weighted by Gasteiger charge is -2.09. The van der Waals surface area contributed by atoms with Crippen molar-refractivity contribution in [3.8, 4) is 22.2 Å². The maximum atomic E-state index is 12.7. The normalized spacial score (nSPS) is 12.2. The molecule has 0 spiro atoms. The highest BCUT2D eigenvalue weighted by molar-refractivity contribution is 7.15. The van der Waals surface area contributed by atoms with Gasteiger partial charge in [-0.1, -0.05) is 0 Å². The predicted octanol–water partition coefficient (Wildman–Crippen LogP) is 1.88. The lowest BCUT2D eigenvalue weighted by Crippen LogP contribution is -2.29. The van der Waals surface area contributed by atoms with Gasteiger partial charge in [-0.05, 0) is 42.0 Å². The monoisotopic (exact) mass is 387 g/mol. The minimum atomic E-state index is -0.184. The molecule has 0 saturated heterocycles. The Labute approximate surface area is 158 Å². The Morgan fingerprint density at radius 3 is 3.00 bits per heavy atom. The number of nitrogens with zero attached hydrogens (tertiary/aromatic N) is 4. The quantitative estimate of drug-likeness (QED) is 0.645. The van der Waals surface area contributed by atoms with Crippen molar-refractivity contribution in [2.24, 2.45) is 0 Å². The molecule has 0 radical (unpaired) electrons. The van der Waals surface area contributed by atoms with Crippen molar-refractivity contribution in [3.63, 3.8) is 0 Å². The molecule has 0 unspecified atom stereocenters. The van der Waals surface area contributed by atoms with Crippen LogP contribution < -0.4 is 19.5 Å². The standard InChI is InChI=1S/C17H17N5O4S/c1-10-11(2)27-17(22-8-19-20-21-22)15(10)16(23)18-5-6-24-12-3-4-13-14(7-12)26-9-25-13/h3-4,7-8H,5-6,9H2,1-2H3,(H,18,23). The number of benzene rings is 1. The lowest BCUT2D eigenvalue weighted by atomic mass is 10.1. The second kappa shape index (κ2) is 7.23. The highest BCUT2D eigenvalue weighted by Gasteiger charge is 2.21. The van der Waals surface area contributed by atoms with E-state index in [1.165, 1.54) is 22.3 Å². The summed E-state index contributed by atoms with van der Waals surface area (Å²) in [6.45, 7) is 4.79. The van der Waals surface area contributed by atoms with Gasteiger partial charge in [0.15, 0.2) is 11.5 Å². The molecule has 27 heavy (non-hydrogen) atoms. The van der Waals surface area contributed by atoms with Crippen molar-refractivity contribution in [3.05, 3.63) is 40.5 Å². The molecule has 140 valence electrons. The van der Waals surface area contributed by atoms with Gasteiger partial charge in [0.1, 0.15) is 23.7 Å². The van der Waals surface area contributed by atoms with E-state index in [1.54, 1.807) is 18.2 Å². The average Bonchev–Trinajstić information content (AvgIpc) is 3.39. The van der Waals surface area contributed by atoms with Crippen molar-refractivity contribution in [2.75, 3.05) is 19.9 Å². The van der Waals surface area contributed by atoms with Gasteiger partial charge in [0.05, 0.1) is 12.1 Å². The van der Waals surface area contributed by atoms with Crippen molar-refractivity contribution in [1.82, 2.24) is 25.5 Å². The number of tetrazole rings is 1. The summed E-state index contributed by atoms with van der Waals surface area (Å²) in [6, 6.07) is 5.37. The number of carbonyl (C=O) groups excluding carboxylic acids is 1. The van der Waals surface area contributed by atoms with Crippen LogP contribution in [0.5, 0.6) is 17.2 Å². The van der Waals surface area contributed by atoms with E-state index >= 15 is 0 Å². The maximum Gasteiger partial charge on any atom is 0.254 e. The Balaban J connectivity index is 1.37. The number of hydrogen-bond acceptors (Lipinski definition) is 8. The van der Waals surface area contributed by atoms with Crippen LogP contribution in [-0.4, -0.2) is 46.1 Å². The van der Waals surface area contributed by atoms with Crippen molar-refractivity contribution < 1.29 is 19.0 Å². The molecule has 2 aromatic heterocycles. The molecule has 1 amide bonds. The second-order valence-corrected chi connectivity index (χ2v) is 7.04. The number of thiophene rings is 1. The molecule has 1 aromatic carbocycles. The summed E-state index contributed by atoms with van der Waals surface area (Å²) in [4.78, 5) is 13.7. The van der Waals surface area contributed by atoms with Crippen LogP contribution >= 0.6 is 11.3 Å². The fraction of sp³-hybridized carbons (Fsp3) is 0.294. The van der Waals surface area contributed by atoms with Crippen molar-refractivity contribution in [2.45, 2.75) is 13.8 Å². The third-order valence-corrected chi connectivity index (χ3v) is 5.35. The largest absolute Gasteiger partial charge is 0.492 e. The van der Waals surface area contributed by atoms with Crippen molar-refractivity contribution >= 4 is 17.2 Å². The molecule has 0 atom stereocenters. The SMILES string of the molecule is Cc1sc(-n2cnnn2)c(C(=O)NCCOc2ccc3c(c2)OCO3)c1C. The Kier molecular flexibility index (Phi) is 4.63. The summed E-state index contributed by atoms with van der Waals surface area (Å²) >= 11 is 1.48. The summed E-state index contributed by atoms with van der Waals surface area (Å²) in [5, 5.41) is 14.7. The Morgan fingerprint density at radius 2 is 2.19 bits per heavy atom. The molecule has 3 aromatic rings. The summed E-state index contributed by atoms with van der Waals surface area (Å²) in [7, 11) is 0. The molecule has 0 saturated carbocycles. The van der Waals surface area contributed by atoms with E-state index in [0.717, 1.165) is 10.4 Å². The summed E-state index contributed by atoms with van der Waals surface area (Å²) < 4.78 is 17.8. The zero-order valence-corrected chi connectivity index (χ0v) is 15.6. The van der Waals surface area contributed by atoms with E-state index in [9.17, 15) is 4.79 Å². The highest BCUT2D eigenvalue weighted by atomic mass is 32.1. The van der Waals surface area contributed by atoms with Crippen molar-refractivity contribution in [1.29, 1.82) is 0 Å². The van der Waals surface area contributed by atoms with E-state index in [-0.39, 0.29) is 12.7 Å². The Bertz CT molecular complexity index is 970. The number of aryl methyl sites for hydroxylation is 1. The Hall–Kier alpha value is -3.14. The first-order valence-corrected chi connectivity index (χ1v) is 9.09. The number of carbonyl (C=O) groups is 1. The molecule has 9 nitrogen and oxygen atoms in total. The molecule has 0 bridgehead atoms. The van der Waals surface area contributed by atoms with E-state index in [2.05, 4.69) is 20.8 Å². The molecule has 0 fully saturated rings. The number of aromatic nitrogens is 4. The van der Waals surface area contributed by atoms with E-state index in [0.29, 0.717) is 41.0 Å². The predicted molar refractivity (Wildman–Crippen MR) is 96.9 cm³/mol. The molecule has 4 rings (SSSR count). The number of ether oxygens (including phenoxy) is 3. The first-order chi connectivity index (χ1) is 13.1. The zero-order valence-electron chi connectivity index (χ0n) is 14.8. The number of nitrogens with one attached hydrogen (secondary N) is 1. The highest BCUT2D eigenvalue weighted by Crippen LogP contribution is 2.35. The maximum absolute atomic E-state index is 12.7. The molecule has 1 N–H and O–H groups in total. The summed E-state index contributed by atoms with van der Waals surface area (Å²) in [5.41, 5.74) is 1.49. The molecule has 10 heteroatoms. The van der Waals surface area contributed by atoms with E-state index in [4.69, 9.17) is 14.2 Å².